The third-order valence-electron chi connectivity index (χ3n) is 4.16. The first-order valence-electron chi connectivity index (χ1n) is 7.70. The van der Waals surface area contributed by atoms with E-state index in [4.69, 9.17) is 0 Å². The third kappa shape index (κ3) is 3.04. The highest BCUT2D eigenvalue weighted by Gasteiger charge is 2.17. The maximum absolute atomic E-state index is 12.1. The Morgan fingerprint density at radius 2 is 2.18 bits per heavy atom. The van der Waals surface area contributed by atoms with Gasteiger partial charge in [-0.3, -0.25) is 9.48 Å². The van der Waals surface area contributed by atoms with Crippen LogP contribution in [0.25, 0.3) is 0 Å². The van der Waals surface area contributed by atoms with Crippen LogP contribution < -0.4 is 5.32 Å². The summed E-state index contributed by atoms with van der Waals surface area (Å²) in [6.07, 6.45) is 6.13. The quantitative estimate of drug-likeness (QED) is 0.889. The van der Waals surface area contributed by atoms with E-state index in [1.165, 1.54) is 0 Å². The number of aryl methyl sites for hydroxylation is 1. The highest BCUT2D eigenvalue weighted by molar-refractivity contribution is 5.93. The van der Waals surface area contributed by atoms with Crippen molar-refractivity contribution in [1.29, 1.82) is 0 Å². The zero-order valence-corrected chi connectivity index (χ0v) is 13.1. The number of aromatic nitrogens is 4. The summed E-state index contributed by atoms with van der Waals surface area (Å²) in [6, 6.07) is 0. The fraction of sp³-hybridized carbons (Fsp3) is 0.533. The summed E-state index contributed by atoms with van der Waals surface area (Å²) in [4.78, 5) is 19.0. The van der Waals surface area contributed by atoms with Crippen LogP contribution in [0.1, 0.15) is 28.8 Å². The van der Waals surface area contributed by atoms with Crippen molar-refractivity contribution in [2.75, 3.05) is 19.6 Å². The van der Waals surface area contributed by atoms with Crippen LogP contribution in [0.5, 0.6) is 0 Å². The number of nitrogens with zero attached hydrogens (tertiary/aromatic N) is 5. The molecule has 0 fully saturated rings. The van der Waals surface area contributed by atoms with Gasteiger partial charge in [-0.05, 0) is 6.54 Å². The lowest BCUT2D eigenvalue weighted by Gasteiger charge is -2.16. The van der Waals surface area contributed by atoms with E-state index in [1.54, 1.807) is 24.1 Å². The maximum atomic E-state index is 12.1. The average molecular weight is 302 g/mol. The topological polar surface area (TPSA) is 68.0 Å². The fourth-order valence-electron chi connectivity index (χ4n) is 2.81. The first-order chi connectivity index (χ1) is 10.7. The highest BCUT2D eigenvalue weighted by atomic mass is 16.1. The SMILES string of the molecule is CCN1CCc2ncc(CNC(=O)c3cnn(C)c3)n2CC1. The lowest BCUT2D eigenvalue weighted by atomic mass is 10.3. The van der Waals surface area contributed by atoms with E-state index in [2.05, 4.69) is 31.8 Å². The number of amides is 1. The van der Waals surface area contributed by atoms with Crippen LogP contribution in [0.15, 0.2) is 18.6 Å². The van der Waals surface area contributed by atoms with Crippen LogP contribution in [-0.4, -0.2) is 49.8 Å². The number of likely N-dealkylation sites (N-methyl/N-ethyl adjacent to an activating group) is 1. The first kappa shape index (κ1) is 14.8. The minimum absolute atomic E-state index is 0.104. The molecule has 1 amide bonds. The second kappa shape index (κ2) is 6.31. The van der Waals surface area contributed by atoms with Gasteiger partial charge in [0.2, 0.25) is 0 Å². The summed E-state index contributed by atoms with van der Waals surface area (Å²) >= 11 is 0. The molecule has 0 spiro atoms. The number of rotatable bonds is 4. The van der Waals surface area contributed by atoms with Crippen LogP contribution >= 0.6 is 0 Å². The molecule has 0 saturated carbocycles. The van der Waals surface area contributed by atoms with Crippen LogP contribution in [0, 0.1) is 0 Å². The second-order valence-electron chi connectivity index (χ2n) is 5.59. The molecular weight excluding hydrogens is 280 g/mol. The molecule has 3 rings (SSSR count). The molecule has 0 aliphatic carbocycles. The van der Waals surface area contributed by atoms with Crippen molar-refractivity contribution in [3.05, 3.63) is 35.7 Å². The van der Waals surface area contributed by atoms with Gasteiger partial charge in [-0.15, -0.1) is 0 Å². The molecule has 0 bridgehead atoms. The summed E-state index contributed by atoms with van der Waals surface area (Å²) in [5.74, 6) is 1.01. The summed E-state index contributed by atoms with van der Waals surface area (Å²) in [7, 11) is 1.80. The third-order valence-corrected chi connectivity index (χ3v) is 4.16. The van der Waals surface area contributed by atoms with E-state index in [0.717, 1.165) is 44.1 Å². The van der Waals surface area contributed by atoms with Crippen molar-refractivity contribution < 1.29 is 4.79 Å². The highest BCUT2D eigenvalue weighted by Crippen LogP contribution is 2.11. The lowest BCUT2D eigenvalue weighted by Crippen LogP contribution is -2.27. The van der Waals surface area contributed by atoms with Gasteiger partial charge in [0.25, 0.3) is 5.91 Å². The molecule has 1 aliphatic rings. The molecule has 2 aromatic rings. The van der Waals surface area contributed by atoms with Gasteiger partial charge in [0.1, 0.15) is 5.82 Å². The largest absolute Gasteiger partial charge is 0.346 e. The molecule has 0 atom stereocenters. The van der Waals surface area contributed by atoms with E-state index >= 15 is 0 Å². The van der Waals surface area contributed by atoms with Gasteiger partial charge in [-0.2, -0.15) is 5.10 Å². The smallest absolute Gasteiger partial charge is 0.254 e. The molecule has 22 heavy (non-hydrogen) atoms. The van der Waals surface area contributed by atoms with Gasteiger partial charge >= 0.3 is 0 Å². The Kier molecular flexibility index (Phi) is 4.24. The molecule has 0 unspecified atom stereocenters. The normalized spacial score (nSPS) is 15.4. The van der Waals surface area contributed by atoms with Gasteiger partial charge < -0.3 is 14.8 Å². The van der Waals surface area contributed by atoms with Crippen molar-refractivity contribution in [2.45, 2.75) is 26.4 Å². The van der Waals surface area contributed by atoms with Gasteiger partial charge in [0, 0.05) is 39.3 Å². The van der Waals surface area contributed by atoms with Crippen molar-refractivity contribution >= 4 is 5.91 Å². The van der Waals surface area contributed by atoms with Crippen molar-refractivity contribution in [3.8, 4) is 0 Å². The standard InChI is InChI=1S/C15H22N6O/c1-3-20-5-4-14-16-9-13(21(14)7-6-20)10-17-15(22)12-8-18-19(2)11-12/h8-9,11H,3-7,10H2,1-2H3,(H,17,22). The molecule has 3 heterocycles. The van der Waals surface area contributed by atoms with E-state index in [-0.39, 0.29) is 5.91 Å². The zero-order chi connectivity index (χ0) is 15.5. The summed E-state index contributed by atoms with van der Waals surface area (Å²) in [5, 5.41) is 6.96. The molecule has 118 valence electrons. The van der Waals surface area contributed by atoms with E-state index in [1.807, 2.05) is 6.20 Å². The van der Waals surface area contributed by atoms with Crippen LogP contribution in [0.2, 0.25) is 0 Å². The monoisotopic (exact) mass is 302 g/mol. The van der Waals surface area contributed by atoms with Gasteiger partial charge in [0.15, 0.2) is 0 Å². The lowest BCUT2D eigenvalue weighted by molar-refractivity contribution is 0.0950. The van der Waals surface area contributed by atoms with E-state index in [9.17, 15) is 4.79 Å². The van der Waals surface area contributed by atoms with E-state index < -0.39 is 0 Å². The summed E-state index contributed by atoms with van der Waals surface area (Å²) < 4.78 is 3.86. The van der Waals surface area contributed by atoms with Gasteiger partial charge in [0.05, 0.1) is 30.2 Å². The number of carbonyl (C=O) groups excluding carboxylic acids is 1. The van der Waals surface area contributed by atoms with Crippen molar-refractivity contribution in [3.63, 3.8) is 0 Å². The number of hydrogen-bond donors (Lipinski definition) is 1. The Bertz CT molecular complexity index is 659. The Morgan fingerprint density at radius 3 is 2.91 bits per heavy atom. The predicted molar refractivity (Wildman–Crippen MR) is 82.4 cm³/mol. The molecule has 1 aliphatic heterocycles. The Balaban J connectivity index is 1.65. The van der Waals surface area contributed by atoms with Crippen LogP contribution in [0.4, 0.5) is 0 Å². The van der Waals surface area contributed by atoms with E-state index in [0.29, 0.717) is 12.1 Å². The number of fused-ring (bicyclic) bond motifs is 1. The Labute approximate surface area is 129 Å². The number of nitrogens with one attached hydrogen (secondary N) is 1. The first-order valence-corrected chi connectivity index (χ1v) is 7.70. The summed E-state index contributed by atoms with van der Waals surface area (Å²) in [6.45, 7) is 6.76. The molecular formula is C15H22N6O. The number of hydrogen-bond acceptors (Lipinski definition) is 4. The van der Waals surface area contributed by atoms with Crippen LogP contribution in [0.3, 0.4) is 0 Å². The van der Waals surface area contributed by atoms with Crippen molar-refractivity contribution in [2.24, 2.45) is 7.05 Å². The van der Waals surface area contributed by atoms with Gasteiger partial charge in [-0.1, -0.05) is 6.92 Å². The fourth-order valence-corrected chi connectivity index (χ4v) is 2.81. The number of imidazole rings is 1. The molecule has 0 radical (unpaired) electrons. The minimum atomic E-state index is -0.104. The molecule has 1 N–H and O–H groups in total. The Morgan fingerprint density at radius 1 is 1.32 bits per heavy atom. The zero-order valence-electron chi connectivity index (χ0n) is 13.1. The Hall–Kier alpha value is -2.15. The molecule has 2 aromatic heterocycles. The minimum Gasteiger partial charge on any atom is -0.346 e. The number of carbonyl (C=O) groups is 1. The summed E-state index contributed by atoms with van der Waals surface area (Å²) in [5.41, 5.74) is 1.64. The molecule has 7 heteroatoms. The second-order valence-corrected chi connectivity index (χ2v) is 5.59. The van der Waals surface area contributed by atoms with Crippen molar-refractivity contribution in [1.82, 2.24) is 29.5 Å². The molecule has 0 saturated heterocycles. The average Bonchev–Trinajstić information content (AvgIpc) is 3.06. The molecule has 0 aromatic carbocycles. The predicted octanol–water partition coefficient (Wildman–Crippen LogP) is 0.425. The van der Waals surface area contributed by atoms with Crippen LogP contribution in [-0.2, 0) is 26.6 Å². The maximum Gasteiger partial charge on any atom is 0.254 e. The van der Waals surface area contributed by atoms with Gasteiger partial charge in [-0.25, -0.2) is 4.98 Å². The molecule has 7 nitrogen and oxygen atoms in total.